The number of nitrogens with one attached hydrogen (secondary N) is 4. The molecule has 12 nitrogen and oxygen atoms in total. The number of hydrogen-bond acceptors (Lipinski definition) is 7. The molecule has 16 heteroatoms. The highest BCUT2D eigenvalue weighted by molar-refractivity contribution is 7.92. The molecule has 4 rings (SSSR count). The highest BCUT2D eigenvalue weighted by Gasteiger charge is 2.53. The first-order chi connectivity index (χ1) is 24.3. The zero-order chi connectivity index (χ0) is 38.5. The first kappa shape index (κ1) is 41.6. The number of carbonyl (C=O) groups excluding carboxylic acids is 5. The Balaban J connectivity index is 1.60. The van der Waals surface area contributed by atoms with Gasteiger partial charge in [0.25, 0.3) is 5.91 Å². The van der Waals surface area contributed by atoms with Crippen molar-refractivity contribution in [2.24, 2.45) is 17.8 Å². The van der Waals surface area contributed by atoms with Crippen LogP contribution in [0.5, 0.6) is 0 Å². The van der Waals surface area contributed by atoms with Gasteiger partial charge in [-0.05, 0) is 71.1 Å². The van der Waals surface area contributed by atoms with Gasteiger partial charge in [-0.25, -0.2) is 13.2 Å². The van der Waals surface area contributed by atoms with Crippen molar-refractivity contribution in [3.05, 3.63) is 12.7 Å². The van der Waals surface area contributed by atoms with Crippen LogP contribution < -0.4 is 21.3 Å². The van der Waals surface area contributed by atoms with E-state index in [1.807, 2.05) is 0 Å². The van der Waals surface area contributed by atoms with Crippen molar-refractivity contribution in [3.8, 4) is 0 Å². The van der Waals surface area contributed by atoms with Crippen LogP contribution in [0.25, 0.3) is 0 Å². The van der Waals surface area contributed by atoms with Crippen LogP contribution in [0.15, 0.2) is 12.7 Å². The number of sulfone groups is 1. The summed E-state index contributed by atoms with van der Waals surface area (Å²) in [5, 5.41) is 10.5. The summed E-state index contributed by atoms with van der Waals surface area (Å²) in [4.78, 5) is 68.5. The molecule has 0 aromatic rings. The number of amides is 5. The predicted molar refractivity (Wildman–Crippen MR) is 189 cm³/mol. The number of Topliss-reactive ketones (excluding diaryl/α,β-unsaturated/α-hetero) is 1. The van der Waals surface area contributed by atoms with E-state index in [9.17, 15) is 45.6 Å². The lowest BCUT2D eigenvalue weighted by Gasteiger charge is -2.40. The fraction of sp³-hybridized carbons (Fsp3) is 0.806. The second kappa shape index (κ2) is 16.9. The summed E-state index contributed by atoms with van der Waals surface area (Å²) >= 11 is 0. The highest BCUT2D eigenvalue weighted by Crippen LogP contribution is 2.39. The molecule has 294 valence electrons. The molecule has 4 atom stereocenters. The van der Waals surface area contributed by atoms with Crippen molar-refractivity contribution in [2.45, 2.75) is 145 Å². The Labute approximate surface area is 305 Å². The Kier molecular flexibility index (Phi) is 13.5. The van der Waals surface area contributed by atoms with Gasteiger partial charge in [-0.15, -0.1) is 6.58 Å². The van der Waals surface area contributed by atoms with Crippen molar-refractivity contribution in [1.82, 2.24) is 26.2 Å². The smallest absolute Gasteiger partial charge is 0.346 e. The summed E-state index contributed by atoms with van der Waals surface area (Å²) in [5.41, 5.74) is -1.09. The molecule has 0 aromatic heterocycles. The monoisotopic (exact) mass is 759 g/mol. The Hall–Kier alpha value is -3.17. The topological polar surface area (TPSA) is 171 Å². The van der Waals surface area contributed by atoms with Crippen molar-refractivity contribution < 1.29 is 45.6 Å². The van der Waals surface area contributed by atoms with Crippen molar-refractivity contribution in [2.75, 3.05) is 18.8 Å². The summed E-state index contributed by atoms with van der Waals surface area (Å²) in [7, 11) is -3.67. The average molecular weight is 760 g/mol. The Morgan fingerprint density at radius 2 is 1.54 bits per heavy atom. The predicted octanol–water partition coefficient (Wildman–Crippen LogP) is 4.09. The molecule has 4 fully saturated rings. The summed E-state index contributed by atoms with van der Waals surface area (Å²) in [6.45, 7) is 7.45. The van der Waals surface area contributed by atoms with E-state index in [4.69, 9.17) is 0 Å². The van der Waals surface area contributed by atoms with E-state index in [0.717, 1.165) is 43.4 Å². The largest absolute Gasteiger partial charge is 0.393 e. The van der Waals surface area contributed by atoms with E-state index in [0.29, 0.717) is 38.5 Å². The highest BCUT2D eigenvalue weighted by atomic mass is 32.2. The second-order valence-electron chi connectivity index (χ2n) is 16.3. The maximum absolute atomic E-state index is 14.4. The number of halogens is 3. The molecule has 1 unspecified atom stereocenters. The molecule has 1 aliphatic heterocycles. The minimum absolute atomic E-state index is 0.00346. The molecule has 0 aromatic carbocycles. The van der Waals surface area contributed by atoms with Crippen LogP contribution in [0.1, 0.15) is 111 Å². The quantitative estimate of drug-likeness (QED) is 0.153. The zero-order valence-corrected chi connectivity index (χ0v) is 31.4. The van der Waals surface area contributed by atoms with Crippen LogP contribution in [0.2, 0.25) is 0 Å². The average Bonchev–Trinajstić information content (AvgIpc) is 3.77. The van der Waals surface area contributed by atoms with Crippen LogP contribution in [0, 0.1) is 17.8 Å². The molecule has 52 heavy (non-hydrogen) atoms. The van der Waals surface area contributed by atoms with E-state index in [2.05, 4.69) is 27.8 Å². The van der Waals surface area contributed by atoms with E-state index in [1.165, 1.54) is 6.08 Å². The summed E-state index contributed by atoms with van der Waals surface area (Å²) < 4.78 is 68.2. The van der Waals surface area contributed by atoms with Crippen LogP contribution in [0.3, 0.4) is 0 Å². The molecular weight excluding hydrogens is 703 g/mol. The SMILES string of the molecule is C=CCNC(=O)C(=O)C(CC1CC1)NC(=O)[C@@H]1C[C@@H](C(F)(F)F)CN1C(=O)[C@@H](NC(=O)NC1(CS(=O)(=O)C(C)(C)C)CCCCC1)C1CCCCC1. The Morgan fingerprint density at radius 3 is 2.10 bits per heavy atom. The van der Waals surface area contributed by atoms with Gasteiger partial charge < -0.3 is 26.2 Å². The third-order valence-corrected chi connectivity index (χ3v) is 13.9. The normalized spacial score (nSPS) is 23.9. The molecule has 5 amide bonds. The van der Waals surface area contributed by atoms with Crippen LogP contribution >= 0.6 is 0 Å². The second-order valence-corrected chi connectivity index (χ2v) is 19.0. The number of rotatable bonds is 14. The van der Waals surface area contributed by atoms with Crippen LogP contribution in [-0.4, -0.2) is 96.3 Å². The van der Waals surface area contributed by atoms with Gasteiger partial charge in [0.1, 0.15) is 12.1 Å². The minimum atomic E-state index is -4.74. The lowest BCUT2D eigenvalue weighted by atomic mass is 9.82. The number of likely N-dealkylation sites (tertiary alicyclic amines) is 1. The molecule has 3 aliphatic carbocycles. The third kappa shape index (κ3) is 10.7. The zero-order valence-electron chi connectivity index (χ0n) is 30.6. The number of carbonyl (C=O) groups is 5. The van der Waals surface area contributed by atoms with Crippen LogP contribution in [0.4, 0.5) is 18.0 Å². The standard InChI is InChI=1S/C36H56F3N5O7S/c1-5-18-40-31(47)29(45)26(19-23-14-15-23)41-30(46)27-20-25(36(37,38)39)21-44(27)32(48)28(24-12-8-6-9-13-24)42-33(49)43-35(16-10-7-11-17-35)22-52(50,51)34(2,3)4/h5,23-28H,1,6-22H2,2-4H3,(H,40,47)(H,41,46)(H2,42,43,49)/t25-,26?,27+,28+/m1/s1. The van der Waals surface area contributed by atoms with Crippen molar-refractivity contribution in [1.29, 1.82) is 0 Å². The molecule has 0 radical (unpaired) electrons. The summed E-state index contributed by atoms with van der Waals surface area (Å²) in [6, 6.07) is -4.97. The van der Waals surface area contributed by atoms with E-state index < -0.39 is 98.8 Å². The van der Waals surface area contributed by atoms with Gasteiger partial charge in [0.05, 0.1) is 28.0 Å². The molecule has 0 bridgehead atoms. The minimum Gasteiger partial charge on any atom is -0.346 e. The molecule has 1 saturated heterocycles. The van der Waals surface area contributed by atoms with E-state index in [1.54, 1.807) is 20.8 Å². The summed E-state index contributed by atoms with van der Waals surface area (Å²) in [5.74, 6) is -6.42. The first-order valence-corrected chi connectivity index (χ1v) is 20.3. The Morgan fingerprint density at radius 1 is 0.923 bits per heavy atom. The molecule has 1 heterocycles. The molecule has 4 N–H and O–H groups in total. The number of urea groups is 1. The fourth-order valence-electron chi connectivity index (χ4n) is 7.72. The van der Waals surface area contributed by atoms with Gasteiger partial charge >= 0.3 is 12.2 Å². The van der Waals surface area contributed by atoms with E-state index in [-0.39, 0.29) is 24.6 Å². The Bertz CT molecular complexity index is 1450. The maximum Gasteiger partial charge on any atom is 0.393 e. The van der Waals surface area contributed by atoms with Crippen molar-refractivity contribution in [3.63, 3.8) is 0 Å². The van der Waals surface area contributed by atoms with Gasteiger partial charge in [-0.2, -0.15) is 13.2 Å². The van der Waals surface area contributed by atoms with E-state index >= 15 is 0 Å². The lowest BCUT2D eigenvalue weighted by Crippen LogP contribution is -2.62. The van der Waals surface area contributed by atoms with Crippen molar-refractivity contribution >= 4 is 39.4 Å². The number of nitrogens with zero attached hydrogens (tertiary/aromatic N) is 1. The molecule has 0 spiro atoms. The van der Waals surface area contributed by atoms with Gasteiger partial charge in [0.15, 0.2) is 9.84 Å². The third-order valence-electron chi connectivity index (χ3n) is 11.1. The first-order valence-electron chi connectivity index (χ1n) is 18.7. The van der Waals surface area contributed by atoms with Gasteiger partial charge in [-0.1, -0.05) is 57.4 Å². The number of hydrogen-bond donors (Lipinski definition) is 4. The fourth-order valence-corrected chi connectivity index (χ4v) is 9.24. The van der Waals surface area contributed by atoms with Gasteiger partial charge in [0, 0.05) is 13.1 Å². The van der Waals surface area contributed by atoms with Gasteiger partial charge in [-0.3, -0.25) is 19.2 Å². The number of alkyl halides is 3. The molecule has 3 saturated carbocycles. The van der Waals surface area contributed by atoms with Crippen LogP contribution in [-0.2, 0) is 29.0 Å². The molecule has 4 aliphatic rings. The maximum atomic E-state index is 14.4. The lowest BCUT2D eigenvalue weighted by molar-refractivity contribution is -0.171. The summed E-state index contributed by atoms with van der Waals surface area (Å²) in [6.07, 6.45) is 4.04. The van der Waals surface area contributed by atoms with Gasteiger partial charge in [0.2, 0.25) is 17.6 Å². The number of ketones is 1. The molecular formula is C36H56F3N5O7S.